The van der Waals surface area contributed by atoms with Crippen LogP contribution in [0.1, 0.15) is 65.2 Å². The van der Waals surface area contributed by atoms with E-state index in [0.717, 1.165) is 6.21 Å². The number of nitrogens with one attached hydrogen (secondary N) is 3. The summed E-state index contributed by atoms with van der Waals surface area (Å²) in [6.45, 7) is 13.1. The van der Waals surface area contributed by atoms with Crippen LogP contribution in [0.15, 0.2) is 59.7 Å². The molecule has 0 fully saturated rings. The van der Waals surface area contributed by atoms with E-state index in [1.54, 1.807) is 54.6 Å². The van der Waals surface area contributed by atoms with Crippen LogP contribution in [-0.2, 0) is 23.6 Å². The van der Waals surface area contributed by atoms with Gasteiger partial charge in [0.15, 0.2) is 0 Å². The van der Waals surface area contributed by atoms with Crippen LogP contribution in [0.3, 0.4) is 0 Å². The van der Waals surface area contributed by atoms with Crippen LogP contribution in [0.5, 0.6) is 0 Å². The van der Waals surface area contributed by atoms with E-state index < -0.39 is 56.6 Å². The van der Waals surface area contributed by atoms with Gasteiger partial charge in [-0.2, -0.15) is 5.10 Å². The summed E-state index contributed by atoms with van der Waals surface area (Å²) in [5, 5.41) is 9.08. The normalized spacial score (nSPS) is 15.6. The predicted octanol–water partition coefficient (Wildman–Crippen LogP) is 3.47. The van der Waals surface area contributed by atoms with E-state index in [-0.39, 0.29) is 47.7 Å². The number of rotatable bonds is 15. The molecule has 5 N–H and O–H groups in total. The molecule has 0 saturated carbocycles. The summed E-state index contributed by atoms with van der Waals surface area (Å²) in [6.07, 6.45) is 1.01. The molecule has 0 saturated heterocycles. The number of Topliss-reactive ketones (excluding diaryl/α,β-unsaturated/α-hetero) is 1. The van der Waals surface area contributed by atoms with Gasteiger partial charge in [-0.3, -0.25) is 28.9 Å². The molecule has 270 valence electrons. The van der Waals surface area contributed by atoms with Crippen LogP contribution in [0.25, 0.3) is 0 Å². The average Bonchev–Trinajstić information content (AvgIpc) is 3.15. The van der Waals surface area contributed by atoms with Crippen LogP contribution < -0.4 is 31.6 Å². The number of nitrogens with two attached hydrogens (primary N) is 1. The van der Waals surface area contributed by atoms with Crippen molar-refractivity contribution in [1.29, 1.82) is 0 Å². The van der Waals surface area contributed by atoms with Crippen molar-refractivity contribution >= 4 is 61.3 Å². The van der Waals surface area contributed by atoms with Crippen molar-refractivity contribution < 1.29 is 33.2 Å². The number of carbonyl (C=O) groups is 6. The third kappa shape index (κ3) is 9.85. The molecule has 2 aromatic carbocycles. The Balaban J connectivity index is 2.02. The Morgan fingerprint density at radius 1 is 0.940 bits per heavy atom. The van der Waals surface area contributed by atoms with Crippen LogP contribution in [0, 0.1) is 0 Å². The molecule has 2 aromatic rings. The lowest BCUT2D eigenvalue weighted by molar-refractivity contribution is -0.125. The number of hydrogen-bond acceptors (Lipinski definition) is 8. The minimum atomic E-state index is -2.45. The van der Waals surface area contributed by atoms with Gasteiger partial charge in [0.25, 0.3) is 17.7 Å². The number of amides is 6. The smallest absolute Gasteiger partial charge is 0.332 e. The predicted molar refractivity (Wildman–Crippen MR) is 194 cm³/mol. The van der Waals surface area contributed by atoms with Crippen LogP contribution in [0.4, 0.5) is 16.2 Å². The van der Waals surface area contributed by atoms with Crippen LogP contribution >= 0.6 is 0 Å². The third-order valence-corrected chi connectivity index (χ3v) is 14.8. The Morgan fingerprint density at radius 3 is 2.08 bits per heavy atom. The maximum Gasteiger partial charge on any atom is 0.332 e. The second kappa shape index (κ2) is 17.7. The van der Waals surface area contributed by atoms with Crippen molar-refractivity contribution in [3.8, 4) is 0 Å². The Bertz CT molecular complexity index is 1560. The fourth-order valence-electron chi connectivity index (χ4n) is 6.73. The number of urea groups is 1. The minimum absolute atomic E-state index is 0.147. The van der Waals surface area contributed by atoms with Gasteiger partial charge in [-0.15, -0.1) is 0 Å². The van der Waals surface area contributed by atoms with E-state index in [0.29, 0.717) is 11.3 Å². The van der Waals surface area contributed by atoms with Gasteiger partial charge in [-0.1, -0.05) is 71.9 Å². The molecule has 15 heteroatoms. The maximum atomic E-state index is 14.3. The SMILES string of the molecule is CC(=O)C[C@@H](/C=N/NC(N)=O)NC(=O)CN1C(=O)[C@@H](NC(=O)c2ccccc2)CN(C(=O)CO[Si](C(C)C)(C(C)C)C(C)C)c2ccccc21. The van der Waals surface area contributed by atoms with Crippen molar-refractivity contribution in [3.05, 3.63) is 60.2 Å². The Morgan fingerprint density at radius 2 is 1.52 bits per heavy atom. The van der Waals surface area contributed by atoms with Gasteiger partial charge < -0.3 is 25.7 Å². The fraction of sp³-hybridized carbons (Fsp3) is 0.457. The number of anilines is 2. The lowest BCUT2D eigenvalue weighted by Gasteiger charge is -2.42. The van der Waals surface area contributed by atoms with Crippen molar-refractivity contribution in [2.24, 2.45) is 10.8 Å². The number of nitrogens with zero attached hydrogens (tertiary/aromatic N) is 3. The Kier molecular flexibility index (Phi) is 14.0. The first-order chi connectivity index (χ1) is 23.6. The topological polar surface area (TPSA) is 193 Å². The van der Waals surface area contributed by atoms with Crippen molar-refractivity contribution in [1.82, 2.24) is 16.1 Å². The number of carbonyl (C=O) groups excluding carboxylic acids is 6. The largest absolute Gasteiger partial charge is 0.407 e. The van der Waals surface area contributed by atoms with Gasteiger partial charge in [0.05, 0.1) is 24.0 Å². The molecule has 14 nitrogen and oxygen atoms in total. The highest BCUT2D eigenvalue weighted by molar-refractivity contribution is 6.77. The summed E-state index contributed by atoms with van der Waals surface area (Å²) in [5.41, 5.74) is 8.68. The molecule has 0 radical (unpaired) electrons. The van der Waals surface area contributed by atoms with Gasteiger partial charge in [0.2, 0.25) is 14.2 Å². The van der Waals surface area contributed by atoms with Crippen LogP contribution in [-0.4, -0.2) is 81.8 Å². The molecule has 0 spiro atoms. The van der Waals surface area contributed by atoms with Gasteiger partial charge in [0.1, 0.15) is 25.0 Å². The molecule has 0 unspecified atom stereocenters. The summed E-state index contributed by atoms with van der Waals surface area (Å²) < 4.78 is 6.63. The number of primary amides is 1. The average molecular weight is 708 g/mol. The first-order valence-electron chi connectivity index (χ1n) is 16.7. The molecule has 0 bridgehead atoms. The van der Waals surface area contributed by atoms with Gasteiger partial charge >= 0.3 is 6.03 Å². The van der Waals surface area contributed by atoms with E-state index in [2.05, 4.69) is 57.3 Å². The zero-order chi connectivity index (χ0) is 37.2. The molecular formula is C35H49N7O7Si. The van der Waals surface area contributed by atoms with E-state index in [9.17, 15) is 28.8 Å². The Labute approximate surface area is 294 Å². The number of ketones is 1. The highest BCUT2D eigenvalue weighted by Crippen LogP contribution is 2.42. The molecule has 2 atom stereocenters. The molecule has 0 aliphatic carbocycles. The minimum Gasteiger partial charge on any atom is -0.407 e. The first kappa shape index (κ1) is 39.5. The summed E-state index contributed by atoms with van der Waals surface area (Å²) in [6, 6.07) is 11.9. The lowest BCUT2D eigenvalue weighted by Crippen LogP contribution is -2.55. The summed E-state index contributed by atoms with van der Waals surface area (Å²) in [5.74, 6) is -2.49. The van der Waals surface area contributed by atoms with E-state index in [1.165, 1.54) is 16.7 Å². The zero-order valence-corrected chi connectivity index (χ0v) is 30.8. The molecule has 1 aliphatic rings. The molecule has 50 heavy (non-hydrogen) atoms. The van der Waals surface area contributed by atoms with Crippen LogP contribution in [0.2, 0.25) is 16.6 Å². The molecule has 1 heterocycles. The fourth-order valence-corrected chi connectivity index (χ4v) is 12.1. The van der Waals surface area contributed by atoms with Gasteiger partial charge in [0, 0.05) is 18.2 Å². The highest BCUT2D eigenvalue weighted by atomic mass is 28.4. The Hall–Kier alpha value is -4.89. The van der Waals surface area contributed by atoms with Crippen molar-refractivity contribution in [3.63, 3.8) is 0 Å². The van der Waals surface area contributed by atoms with Crippen molar-refractivity contribution in [2.75, 3.05) is 29.5 Å². The number of hydrogen-bond donors (Lipinski definition) is 4. The summed E-state index contributed by atoms with van der Waals surface area (Å²) in [4.78, 5) is 80.9. The lowest BCUT2D eigenvalue weighted by atomic mass is 10.1. The molecule has 1 aliphatic heterocycles. The summed E-state index contributed by atoms with van der Waals surface area (Å²) in [7, 11) is -2.45. The zero-order valence-electron chi connectivity index (χ0n) is 29.8. The quantitative estimate of drug-likeness (QED) is 0.124. The van der Waals surface area contributed by atoms with E-state index in [1.807, 2.05) is 5.43 Å². The number of hydrazone groups is 1. The van der Waals surface area contributed by atoms with E-state index >= 15 is 0 Å². The monoisotopic (exact) mass is 707 g/mol. The van der Waals surface area contributed by atoms with E-state index in [4.69, 9.17) is 10.2 Å². The highest BCUT2D eigenvalue weighted by Gasteiger charge is 2.46. The van der Waals surface area contributed by atoms with Gasteiger partial charge in [-0.05, 0) is 47.8 Å². The maximum absolute atomic E-state index is 14.3. The molecule has 6 amide bonds. The second-order valence-corrected chi connectivity index (χ2v) is 18.7. The number of fused-ring (bicyclic) bond motifs is 1. The first-order valence-corrected chi connectivity index (χ1v) is 18.8. The third-order valence-electron chi connectivity index (χ3n) is 8.77. The number of benzene rings is 2. The molecular weight excluding hydrogens is 659 g/mol. The molecule has 0 aromatic heterocycles. The standard InChI is InChI=1S/C35H49N7O7Si/c1-22(2)50(23(3)4,24(5)6)49-21-32(45)41-19-28(39-33(46)26-13-9-8-10-14-26)34(47)42(30-16-12-11-15-29(30)41)20-31(44)38-27(17-25(7)43)18-37-40-35(36)48/h8-16,18,22-24,27-28H,17,19-21H2,1-7H3,(H,38,44)(H,39,46)(H3,36,40,48)/b37-18+/t27-,28-/m0/s1. The molecule has 3 rings (SSSR count). The summed E-state index contributed by atoms with van der Waals surface area (Å²) >= 11 is 0. The van der Waals surface area contributed by atoms with Gasteiger partial charge in [-0.25, -0.2) is 10.2 Å². The number of para-hydroxylation sites is 2. The second-order valence-electron chi connectivity index (χ2n) is 13.3. The van der Waals surface area contributed by atoms with Crippen molar-refractivity contribution in [2.45, 2.75) is 83.6 Å².